The molecule has 5 aromatic rings. The summed E-state index contributed by atoms with van der Waals surface area (Å²) in [5.41, 5.74) is 7.53. The summed E-state index contributed by atoms with van der Waals surface area (Å²) < 4.78 is 14.7. The highest BCUT2D eigenvalue weighted by Crippen LogP contribution is 2.47. The Hall–Kier alpha value is -4.48. The van der Waals surface area contributed by atoms with E-state index >= 15 is 0 Å². The molecule has 232 valence electrons. The summed E-state index contributed by atoms with van der Waals surface area (Å²) in [5, 5.41) is 23.8. The maximum Gasteiger partial charge on any atom is 0.251 e. The average molecular weight is 626 g/mol. The minimum absolute atomic E-state index is 0.0712. The quantitative estimate of drug-likeness (QED) is 0.175. The highest BCUT2D eigenvalue weighted by atomic mass is 32.1. The number of aromatic nitrogens is 3. The van der Waals surface area contributed by atoms with Gasteiger partial charge < -0.3 is 25.6 Å². The molecule has 0 aliphatic heterocycles. The third kappa shape index (κ3) is 5.62. The predicted molar refractivity (Wildman–Crippen MR) is 173 cm³/mol. The number of nitrogens with two attached hydrogens (primary N) is 1. The molecular formula is C34H35N5O5S. The van der Waals surface area contributed by atoms with Crippen molar-refractivity contribution < 1.29 is 24.2 Å². The third-order valence-electron chi connectivity index (χ3n) is 8.64. The number of ether oxygens (including phenoxy) is 2. The molecule has 45 heavy (non-hydrogen) atoms. The zero-order chi connectivity index (χ0) is 31.3. The van der Waals surface area contributed by atoms with Gasteiger partial charge in [0.25, 0.3) is 5.91 Å². The first kappa shape index (κ1) is 29.2. The van der Waals surface area contributed by atoms with Crippen molar-refractivity contribution in [2.24, 2.45) is 11.7 Å². The summed E-state index contributed by atoms with van der Waals surface area (Å²) in [6.07, 6.45) is 5.61. The summed E-state index contributed by atoms with van der Waals surface area (Å²) in [6, 6.07) is 13.6. The van der Waals surface area contributed by atoms with Crippen LogP contribution in [0.4, 0.5) is 0 Å². The van der Waals surface area contributed by atoms with Gasteiger partial charge in [-0.05, 0) is 85.7 Å². The van der Waals surface area contributed by atoms with Crippen molar-refractivity contribution in [3.05, 3.63) is 70.9 Å². The predicted octanol–water partition coefficient (Wildman–Crippen LogP) is 5.11. The van der Waals surface area contributed by atoms with Gasteiger partial charge in [0.15, 0.2) is 0 Å². The second-order valence-corrected chi connectivity index (χ2v) is 12.9. The van der Waals surface area contributed by atoms with E-state index in [0.29, 0.717) is 52.2 Å². The van der Waals surface area contributed by atoms with Crippen LogP contribution in [0.25, 0.3) is 32.2 Å². The minimum Gasteiger partial charge on any atom is -0.494 e. The summed E-state index contributed by atoms with van der Waals surface area (Å²) in [4.78, 5) is 30.7. The molecule has 1 atom stereocenters. The van der Waals surface area contributed by atoms with Crippen molar-refractivity contribution in [2.75, 3.05) is 20.3 Å². The fourth-order valence-electron chi connectivity index (χ4n) is 6.00. The number of aliphatic hydroxyl groups is 1. The van der Waals surface area contributed by atoms with Crippen LogP contribution in [0.5, 0.6) is 11.5 Å². The number of benzene rings is 2. The first-order chi connectivity index (χ1) is 21.8. The number of rotatable bonds is 12. The van der Waals surface area contributed by atoms with Gasteiger partial charge in [-0.1, -0.05) is 6.07 Å². The van der Waals surface area contributed by atoms with E-state index in [2.05, 4.69) is 10.4 Å². The second-order valence-electron chi connectivity index (χ2n) is 11.9. The lowest BCUT2D eigenvalue weighted by Crippen LogP contribution is -2.43. The van der Waals surface area contributed by atoms with Gasteiger partial charge in [0.1, 0.15) is 28.3 Å². The van der Waals surface area contributed by atoms with Crippen LogP contribution in [-0.4, -0.2) is 51.9 Å². The van der Waals surface area contributed by atoms with Crippen LogP contribution in [0.1, 0.15) is 60.3 Å². The summed E-state index contributed by atoms with van der Waals surface area (Å²) >= 11 is 1.65. The van der Waals surface area contributed by atoms with Gasteiger partial charge in [0.05, 0.1) is 38.4 Å². The van der Waals surface area contributed by atoms with Crippen molar-refractivity contribution in [2.45, 2.75) is 50.7 Å². The van der Waals surface area contributed by atoms with E-state index in [1.54, 1.807) is 36.6 Å². The molecule has 2 aromatic carbocycles. The summed E-state index contributed by atoms with van der Waals surface area (Å²) in [7, 11) is 1.56. The van der Waals surface area contributed by atoms with Crippen LogP contribution in [0.15, 0.2) is 54.0 Å². The molecular weight excluding hydrogens is 590 g/mol. The van der Waals surface area contributed by atoms with E-state index in [1.165, 1.54) is 0 Å². The molecule has 0 saturated heterocycles. The average Bonchev–Trinajstić information content (AvgIpc) is 3.97. The monoisotopic (exact) mass is 625 g/mol. The van der Waals surface area contributed by atoms with Crippen LogP contribution in [-0.2, 0) is 16.8 Å². The molecule has 3 aromatic heterocycles. The smallest absolute Gasteiger partial charge is 0.251 e. The van der Waals surface area contributed by atoms with Crippen molar-refractivity contribution in [1.29, 1.82) is 0 Å². The number of methoxy groups -OCH3 is 1. The number of nitrogens with zero attached hydrogens (tertiary/aromatic N) is 3. The molecule has 3 heterocycles. The zero-order valence-electron chi connectivity index (χ0n) is 25.2. The summed E-state index contributed by atoms with van der Waals surface area (Å²) in [6.45, 7) is 2.15. The molecule has 2 amide bonds. The molecule has 0 bridgehead atoms. The molecule has 11 heteroatoms. The first-order valence-corrected chi connectivity index (χ1v) is 16.2. The van der Waals surface area contributed by atoms with Crippen molar-refractivity contribution in [3.63, 3.8) is 0 Å². The van der Waals surface area contributed by atoms with E-state index in [0.717, 1.165) is 46.7 Å². The number of thiophene rings is 1. The largest absolute Gasteiger partial charge is 0.494 e. The molecule has 10 nitrogen and oxygen atoms in total. The first-order valence-electron chi connectivity index (χ1n) is 15.3. The minimum atomic E-state index is -1.49. The topological polar surface area (TPSA) is 142 Å². The number of carbonyl (C=O) groups excluding carboxylic acids is 2. The van der Waals surface area contributed by atoms with Crippen molar-refractivity contribution in [3.8, 4) is 22.8 Å². The summed E-state index contributed by atoms with van der Waals surface area (Å²) in [5.74, 6) is -0.00884. The molecule has 2 aliphatic carbocycles. The number of nitrogens with one attached hydrogen (secondary N) is 1. The normalized spacial score (nSPS) is 16.1. The van der Waals surface area contributed by atoms with E-state index in [9.17, 15) is 14.7 Å². The molecule has 0 radical (unpaired) electrons. The van der Waals surface area contributed by atoms with E-state index in [-0.39, 0.29) is 24.8 Å². The number of amides is 2. The Morgan fingerprint density at radius 3 is 2.67 bits per heavy atom. The number of hydrogen-bond donors (Lipinski definition) is 3. The highest BCUT2D eigenvalue weighted by Gasteiger charge is 2.47. The number of hydrogen-bond acceptors (Lipinski definition) is 8. The van der Waals surface area contributed by atoms with E-state index in [1.807, 2.05) is 47.4 Å². The van der Waals surface area contributed by atoms with Crippen LogP contribution >= 0.6 is 11.3 Å². The van der Waals surface area contributed by atoms with E-state index < -0.39 is 11.5 Å². The Kier molecular flexibility index (Phi) is 7.45. The van der Waals surface area contributed by atoms with Gasteiger partial charge in [0, 0.05) is 33.0 Å². The van der Waals surface area contributed by atoms with Crippen molar-refractivity contribution >= 4 is 44.1 Å². The number of primary amides is 1. The van der Waals surface area contributed by atoms with Crippen molar-refractivity contribution in [1.82, 2.24) is 20.1 Å². The van der Waals surface area contributed by atoms with Crippen LogP contribution in [0.3, 0.4) is 0 Å². The maximum absolute atomic E-state index is 13.6. The van der Waals surface area contributed by atoms with Gasteiger partial charge in [0.2, 0.25) is 5.91 Å². The van der Waals surface area contributed by atoms with Crippen LogP contribution in [0, 0.1) is 5.92 Å². The van der Waals surface area contributed by atoms with Crippen LogP contribution in [0.2, 0.25) is 0 Å². The third-order valence-corrected chi connectivity index (χ3v) is 9.54. The standard InChI is InChI=1S/C34H35N5O5S/c1-3-44-32-21(16-29(35)40)15-28(37-31(32)20-4-9-27-19(12-20)10-11-45-27)34(42,24-5-6-24)18-36-33(41)22-13-23-17-39(25-7-8-25)38-30(23)26(14-22)43-2/h4,9-15,17,24-25,42H,3,5-8,16,18H2,1-2H3,(H2,35,40)(H,36,41)/t34-/m1/s1. The number of carbonyl (C=O) groups is 2. The Morgan fingerprint density at radius 2 is 1.96 bits per heavy atom. The molecule has 7 rings (SSSR count). The lowest BCUT2D eigenvalue weighted by atomic mass is 9.90. The lowest BCUT2D eigenvalue weighted by Gasteiger charge is -2.30. The molecule has 4 N–H and O–H groups in total. The highest BCUT2D eigenvalue weighted by molar-refractivity contribution is 7.17. The second kappa shape index (κ2) is 11.5. The Labute approximate surface area is 264 Å². The van der Waals surface area contributed by atoms with Gasteiger partial charge in [-0.3, -0.25) is 14.3 Å². The Morgan fingerprint density at radius 1 is 1.13 bits per heavy atom. The van der Waals surface area contributed by atoms with Gasteiger partial charge in [-0.2, -0.15) is 5.10 Å². The SMILES string of the molecule is CCOc1c(CC(N)=O)cc([C@@](O)(CNC(=O)c2cc(OC)c3nn(C4CC4)cc3c2)C2CC2)nc1-c1ccc2sccc2c1. The van der Waals surface area contributed by atoms with Gasteiger partial charge >= 0.3 is 0 Å². The van der Waals surface area contributed by atoms with Crippen LogP contribution < -0.4 is 20.5 Å². The van der Waals surface area contributed by atoms with Gasteiger partial charge in [-0.25, -0.2) is 4.98 Å². The zero-order valence-corrected chi connectivity index (χ0v) is 26.0. The lowest BCUT2D eigenvalue weighted by molar-refractivity contribution is -0.117. The Balaban J connectivity index is 1.25. The maximum atomic E-state index is 13.6. The number of pyridine rings is 1. The molecule has 2 saturated carbocycles. The molecule has 0 spiro atoms. The Bertz CT molecular complexity index is 1940. The molecule has 2 aliphatic rings. The molecule has 0 unspecified atom stereocenters. The molecule has 2 fully saturated rings. The fourth-order valence-corrected chi connectivity index (χ4v) is 6.77. The van der Waals surface area contributed by atoms with E-state index in [4.69, 9.17) is 20.2 Å². The number of fused-ring (bicyclic) bond motifs is 2. The van der Waals surface area contributed by atoms with Gasteiger partial charge in [-0.15, -0.1) is 11.3 Å². The fraction of sp³-hybridized carbons (Fsp3) is 0.353.